The molecule has 0 aliphatic carbocycles. The highest BCUT2D eigenvalue weighted by Crippen LogP contribution is 2.27. The number of aromatic nitrogens is 1. The van der Waals surface area contributed by atoms with E-state index in [0.29, 0.717) is 25.2 Å². The molecule has 0 spiro atoms. The molecule has 4 rings (SSSR count). The molecule has 1 saturated heterocycles. The Bertz CT molecular complexity index is 1380. The number of rotatable bonds is 9. The zero-order chi connectivity index (χ0) is 28.8. The lowest BCUT2D eigenvalue weighted by atomic mass is 10.0. The number of halogens is 2. The lowest BCUT2D eigenvalue weighted by Gasteiger charge is -2.32. The van der Waals surface area contributed by atoms with Crippen molar-refractivity contribution < 1.29 is 28.3 Å². The maximum atomic E-state index is 13.8. The Morgan fingerprint density at radius 1 is 1.07 bits per heavy atom. The molecule has 1 aromatic heterocycles. The number of amides is 3. The quantitative estimate of drug-likeness (QED) is 0.302. The number of piperidine rings is 1. The second kappa shape index (κ2) is 12.5. The van der Waals surface area contributed by atoms with E-state index < -0.39 is 35.6 Å². The average Bonchev–Trinajstić information content (AvgIpc) is 2.90. The Morgan fingerprint density at radius 2 is 1.77 bits per heavy atom. The van der Waals surface area contributed by atoms with E-state index in [1.54, 1.807) is 19.1 Å². The topological polar surface area (TPSA) is 141 Å². The third-order valence-electron chi connectivity index (χ3n) is 6.63. The van der Waals surface area contributed by atoms with Crippen molar-refractivity contribution in [1.29, 1.82) is 0 Å². The fraction of sp³-hybridized carbons (Fsp3) is 0.286. The number of primary amides is 1. The van der Waals surface area contributed by atoms with Gasteiger partial charge in [-0.2, -0.15) is 0 Å². The Hall–Kier alpha value is -4.58. The Morgan fingerprint density at radius 3 is 2.40 bits per heavy atom. The largest absolute Gasteiger partial charge is 0.480 e. The van der Waals surface area contributed by atoms with Crippen molar-refractivity contribution in [2.45, 2.75) is 38.8 Å². The summed E-state index contributed by atoms with van der Waals surface area (Å²) in [6, 6.07) is 10.0. The lowest BCUT2D eigenvalue weighted by Crippen LogP contribution is -2.43. The van der Waals surface area contributed by atoms with Crippen LogP contribution in [0.25, 0.3) is 0 Å². The van der Waals surface area contributed by atoms with Gasteiger partial charge in [-0.05, 0) is 56.1 Å². The fourth-order valence-corrected chi connectivity index (χ4v) is 4.67. The predicted molar refractivity (Wildman–Crippen MR) is 147 cm³/mol. The molecule has 3 aromatic rings. The molecular formula is C28H30F2N6O4. The number of carboxylic acid groups (broad SMARTS) is 1. The molecule has 5 N–H and O–H groups in total. The van der Waals surface area contributed by atoms with Crippen molar-refractivity contribution in [3.05, 3.63) is 77.5 Å². The van der Waals surface area contributed by atoms with Gasteiger partial charge in [-0.25, -0.2) is 18.6 Å². The molecule has 0 saturated carbocycles. The number of hydrogen-bond acceptors (Lipinski definition) is 6. The van der Waals surface area contributed by atoms with Gasteiger partial charge in [0, 0.05) is 42.8 Å². The van der Waals surface area contributed by atoms with Gasteiger partial charge in [0.1, 0.15) is 23.5 Å². The van der Waals surface area contributed by atoms with Crippen LogP contribution in [-0.2, 0) is 11.3 Å². The van der Waals surface area contributed by atoms with Crippen molar-refractivity contribution >= 4 is 40.8 Å². The monoisotopic (exact) mass is 552 g/mol. The van der Waals surface area contributed by atoms with Crippen LogP contribution < -0.4 is 21.3 Å². The van der Waals surface area contributed by atoms with Gasteiger partial charge in [0.05, 0.1) is 11.3 Å². The van der Waals surface area contributed by atoms with Gasteiger partial charge < -0.3 is 21.5 Å². The summed E-state index contributed by atoms with van der Waals surface area (Å²) >= 11 is 0. The van der Waals surface area contributed by atoms with E-state index in [1.807, 2.05) is 17.0 Å². The number of nitrogens with zero attached hydrogens (tertiary/aromatic N) is 3. The lowest BCUT2D eigenvalue weighted by molar-refractivity contribution is -0.144. The summed E-state index contributed by atoms with van der Waals surface area (Å²) in [6.07, 6.45) is 3.69. The third kappa shape index (κ3) is 6.89. The van der Waals surface area contributed by atoms with Crippen molar-refractivity contribution in [1.82, 2.24) is 9.88 Å². The van der Waals surface area contributed by atoms with Crippen LogP contribution in [-0.4, -0.2) is 52.0 Å². The van der Waals surface area contributed by atoms with Gasteiger partial charge in [-0.1, -0.05) is 18.6 Å². The zero-order valence-electron chi connectivity index (χ0n) is 21.9. The average molecular weight is 553 g/mol. The molecule has 0 radical (unpaired) electrons. The number of nitrogens with two attached hydrogens (primary N) is 1. The number of hydrogen-bond donors (Lipinski definition) is 4. The minimum atomic E-state index is -0.827. The summed E-state index contributed by atoms with van der Waals surface area (Å²) in [6.45, 7) is 3.08. The van der Waals surface area contributed by atoms with Crippen LogP contribution >= 0.6 is 0 Å². The number of anilines is 4. The molecule has 12 heteroatoms. The highest BCUT2D eigenvalue weighted by atomic mass is 19.1. The Balaban J connectivity index is 1.55. The van der Waals surface area contributed by atoms with E-state index in [1.165, 1.54) is 17.2 Å². The first-order chi connectivity index (χ1) is 19.1. The molecule has 0 bridgehead atoms. The molecular weight excluding hydrogens is 522 g/mol. The summed E-state index contributed by atoms with van der Waals surface area (Å²) in [4.78, 5) is 44.0. The number of urea groups is 1. The first-order valence-corrected chi connectivity index (χ1v) is 12.8. The minimum absolute atomic E-state index is 0.0487. The number of carbonyl (C=O) groups excluding carboxylic acids is 2. The number of nitrogens with one attached hydrogen (secondary N) is 2. The Labute approximate surface area is 229 Å². The molecule has 40 heavy (non-hydrogen) atoms. The highest BCUT2D eigenvalue weighted by Gasteiger charge is 2.28. The van der Waals surface area contributed by atoms with Crippen molar-refractivity contribution in [2.24, 2.45) is 5.73 Å². The molecule has 2 heterocycles. The van der Waals surface area contributed by atoms with Gasteiger partial charge >= 0.3 is 12.0 Å². The van der Waals surface area contributed by atoms with Crippen LogP contribution in [0.15, 0.2) is 54.7 Å². The van der Waals surface area contributed by atoms with E-state index in [2.05, 4.69) is 15.6 Å². The first-order valence-electron chi connectivity index (χ1n) is 12.8. The summed E-state index contributed by atoms with van der Waals surface area (Å²) in [5.74, 6) is -2.86. The molecule has 1 atom stereocenters. The summed E-state index contributed by atoms with van der Waals surface area (Å²) < 4.78 is 27.6. The smallest absolute Gasteiger partial charge is 0.320 e. The molecule has 1 fully saturated rings. The number of benzene rings is 2. The van der Waals surface area contributed by atoms with Gasteiger partial charge in [0.2, 0.25) is 0 Å². The maximum Gasteiger partial charge on any atom is 0.320 e. The molecule has 2 aromatic carbocycles. The van der Waals surface area contributed by atoms with Crippen LogP contribution in [0.5, 0.6) is 0 Å². The summed E-state index contributed by atoms with van der Waals surface area (Å²) in [5, 5.41) is 15.1. The zero-order valence-corrected chi connectivity index (χ0v) is 21.9. The van der Waals surface area contributed by atoms with Crippen molar-refractivity contribution in [2.75, 3.05) is 28.6 Å². The second-order valence-electron chi connectivity index (χ2n) is 9.43. The van der Waals surface area contributed by atoms with Gasteiger partial charge in [0.15, 0.2) is 0 Å². The van der Waals surface area contributed by atoms with Crippen LogP contribution in [0.1, 0.15) is 42.1 Å². The van der Waals surface area contributed by atoms with Crippen LogP contribution in [0.4, 0.5) is 36.5 Å². The minimum Gasteiger partial charge on any atom is -0.480 e. The van der Waals surface area contributed by atoms with E-state index in [0.717, 1.165) is 36.6 Å². The maximum absolute atomic E-state index is 13.8. The number of pyridine rings is 1. The van der Waals surface area contributed by atoms with E-state index in [9.17, 15) is 28.3 Å². The van der Waals surface area contributed by atoms with Crippen LogP contribution in [0.2, 0.25) is 0 Å². The fourth-order valence-electron chi connectivity index (χ4n) is 4.67. The third-order valence-corrected chi connectivity index (χ3v) is 6.63. The Kier molecular flexibility index (Phi) is 8.90. The number of likely N-dealkylation sites (tertiary alicyclic amines) is 1. The normalized spacial score (nSPS) is 15.3. The molecule has 1 aliphatic heterocycles. The first kappa shape index (κ1) is 28.4. The van der Waals surface area contributed by atoms with Gasteiger partial charge in [-0.3, -0.25) is 19.4 Å². The summed E-state index contributed by atoms with van der Waals surface area (Å²) in [7, 11) is 0. The SMILES string of the molecule is CCN(C(N)=O)c1cc(Nc2cc(F)cc(F)c2)c(C(=O)Nc2ccc(CN3CCCCC3C(=O)O)cc2)cn1. The van der Waals surface area contributed by atoms with Crippen molar-refractivity contribution in [3.8, 4) is 0 Å². The van der Waals surface area contributed by atoms with E-state index >= 15 is 0 Å². The predicted octanol–water partition coefficient (Wildman–Crippen LogP) is 4.70. The second-order valence-corrected chi connectivity index (χ2v) is 9.43. The number of aliphatic carboxylic acids is 1. The number of carboxylic acids is 1. The van der Waals surface area contributed by atoms with E-state index in [4.69, 9.17) is 5.73 Å². The van der Waals surface area contributed by atoms with Crippen LogP contribution in [0, 0.1) is 11.6 Å². The van der Waals surface area contributed by atoms with E-state index in [-0.39, 0.29) is 29.3 Å². The number of carbonyl (C=O) groups is 3. The highest BCUT2D eigenvalue weighted by molar-refractivity contribution is 6.08. The molecule has 1 aliphatic rings. The van der Waals surface area contributed by atoms with Gasteiger partial charge in [0.25, 0.3) is 5.91 Å². The molecule has 1 unspecified atom stereocenters. The summed E-state index contributed by atoms with van der Waals surface area (Å²) in [5.41, 5.74) is 7.05. The standard InChI is InChI=1S/C28H30F2N6O4/c1-2-36(28(31)40)25-14-23(33-21-12-18(29)11-19(30)13-21)22(15-32-25)26(37)34-20-8-6-17(7-9-20)16-35-10-4-3-5-24(35)27(38)39/h6-9,11-15,24H,2-5,10,16H2,1H3,(H2,31,40)(H,32,33)(H,34,37)(H,38,39). The van der Waals surface area contributed by atoms with Crippen molar-refractivity contribution in [3.63, 3.8) is 0 Å². The molecule has 210 valence electrons. The van der Waals surface area contributed by atoms with Gasteiger partial charge in [-0.15, -0.1) is 0 Å². The van der Waals surface area contributed by atoms with Crippen LogP contribution in [0.3, 0.4) is 0 Å². The molecule has 10 nitrogen and oxygen atoms in total. The molecule has 3 amide bonds.